The largest absolute Gasteiger partial charge is 0.489 e. The zero-order chi connectivity index (χ0) is 26.4. The maximum Gasteiger partial charge on any atom is 0.257 e. The van der Waals surface area contributed by atoms with E-state index in [1.807, 2.05) is 86.3 Å². The van der Waals surface area contributed by atoms with Crippen molar-refractivity contribution < 1.29 is 17.9 Å². The van der Waals surface area contributed by atoms with Crippen molar-refractivity contribution in [3.8, 4) is 11.6 Å². The van der Waals surface area contributed by atoms with Gasteiger partial charge in [-0.25, -0.2) is 13.1 Å². The number of hydrogen-bond acceptors (Lipinski definition) is 5. The van der Waals surface area contributed by atoms with Gasteiger partial charge in [-0.3, -0.25) is 9.48 Å². The monoisotopic (exact) mass is 520 g/mol. The molecule has 0 aliphatic carbocycles. The van der Waals surface area contributed by atoms with Crippen LogP contribution in [0, 0.1) is 6.92 Å². The number of fused-ring (bicyclic) bond motifs is 1. The molecule has 0 atom stereocenters. The second-order valence-corrected chi connectivity index (χ2v) is 10.8. The van der Waals surface area contributed by atoms with Crippen molar-refractivity contribution in [3.63, 3.8) is 0 Å². The third-order valence-corrected chi connectivity index (χ3v) is 7.39. The zero-order valence-electron chi connectivity index (χ0n) is 21.3. The third-order valence-electron chi connectivity index (χ3n) is 6.05. The minimum absolute atomic E-state index is 0.0678. The number of nitrogens with one attached hydrogen (secondary N) is 1. The van der Waals surface area contributed by atoms with Crippen LogP contribution in [-0.4, -0.2) is 34.4 Å². The summed E-state index contributed by atoms with van der Waals surface area (Å²) in [7, 11) is -1.83. The maximum atomic E-state index is 12.4. The molecule has 194 valence electrons. The second kappa shape index (κ2) is 11.5. The maximum absolute atomic E-state index is 12.4. The van der Waals surface area contributed by atoms with Crippen molar-refractivity contribution in [2.24, 2.45) is 7.05 Å². The Morgan fingerprint density at radius 1 is 1.11 bits per heavy atom. The lowest BCUT2D eigenvalue weighted by atomic mass is 10.2. The highest BCUT2D eigenvalue weighted by atomic mass is 32.2. The second-order valence-electron chi connectivity index (χ2n) is 8.95. The third kappa shape index (κ3) is 6.48. The molecule has 0 fully saturated rings. The fraction of sp³-hybridized carbons (Fsp3) is 0.286. The van der Waals surface area contributed by atoms with E-state index in [9.17, 15) is 13.2 Å². The van der Waals surface area contributed by atoms with E-state index in [4.69, 9.17) is 4.74 Å². The number of aryl methyl sites for hydroxylation is 2. The molecule has 4 aromatic rings. The van der Waals surface area contributed by atoms with E-state index in [1.165, 1.54) is 6.08 Å². The molecule has 4 rings (SSSR count). The van der Waals surface area contributed by atoms with Gasteiger partial charge in [0, 0.05) is 36.3 Å². The van der Waals surface area contributed by atoms with E-state index in [-0.39, 0.29) is 5.75 Å². The van der Waals surface area contributed by atoms with Crippen LogP contribution in [0.2, 0.25) is 0 Å². The molecule has 0 aliphatic heterocycles. The predicted octanol–water partition coefficient (Wildman–Crippen LogP) is 4.90. The van der Waals surface area contributed by atoms with E-state index in [2.05, 4.69) is 9.82 Å². The van der Waals surface area contributed by atoms with Gasteiger partial charge in [0.15, 0.2) is 0 Å². The number of carbonyl (C=O) groups excluding carboxylic acids is 1. The van der Waals surface area contributed by atoms with E-state index in [1.54, 1.807) is 10.8 Å². The first-order valence-electron chi connectivity index (χ1n) is 12.3. The summed E-state index contributed by atoms with van der Waals surface area (Å²) < 4.78 is 36.2. The molecule has 0 aliphatic rings. The SMILES string of the molecule is CCCCCS(=O)(=O)NC(=O)/C=C/c1c(C)nn(C)c1-n1ccc2ccc(OCc3ccccc3)cc21. The number of unbranched alkanes of at least 4 members (excludes halogenated alkanes) is 2. The number of aromatic nitrogens is 3. The van der Waals surface area contributed by atoms with E-state index < -0.39 is 15.9 Å². The minimum Gasteiger partial charge on any atom is -0.489 e. The lowest BCUT2D eigenvalue weighted by Crippen LogP contribution is -2.31. The normalized spacial score (nSPS) is 11.9. The number of sulfonamides is 1. The van der Waals surface area contributed by atoms with E-state index >= 15 is 0 Å². The summed E-state index contributed by atoms with van der Waals surface area (Å²) in [6.45, 7) is 4.30. The van der Waals surface area contributed by atoms with Crippen LogP contribution in [0.25, 0.3) is 22.8 Å². The Hall–Kier alpha value is -3.85. The van der Waals surface area contributed by atoms with Crippen molar-refractivity contribution in [1.82, 2.24) is 19.1 Å². The van der Waals surface area contributed by atoms with Crippen molar-refractivity contribution >= 4 is 32.9 Å². The molecule has 1 amide bonds. The van der Waals surface area contributed by atoms with E-state index in [0.717, 1.165) is 40.9 Å². The van der Waals surface area contributed by atoms with Gasteiger partial charge >= 0.3 is 0 Å². The van der Waals surface area contributed by atoms with Crippen LogP contribution in [0.5, 0.6) is 5.75 Å². The number of rotatable bonds is 11. The summed E-state index contributed by atoms with van der Waals surface area (Å²) in [4.78, 5) is 12.4. The van der Waals surface area contributed by atoms with Crippen molar-refractivity contribution in [1.29, 1.82) is 0 Å². The summed E-state index contributed by atoms with van der Waals surface area (Å²) in [5, 5.41) is 5.56. The molecule has 0 unspecified atom stereocenters. The molecule has 0 saturated heterocycles. The summed E-state index contributed by atoms with van der Waals surface area (Å²) in [6, 6.07) is 17.9. The lowest BCUT2D eigenvalue weighted by Gasteiger charge is -2.10. The van der Waals surface area contributed by atoms with Crippen LogP contribution in [0.15, 0.2) is 66.9 Å². The first-order chi connectivity index (χ1) is 17.8. The Morgan fingerprint density at radius 2 is 1.89 bits per heavy atom. The minimum atomic E-state index is -3.67. The fourth-order valence-corrected chi connectivity index (χ4v) is 5.27. The topological polar surface area (TPSA) is 95.2 Å². The highest BCUT2D eigenvalue weighted by Crippen LogP contribution is 2.28. The average molecular weight is 521 g/mol. The van der Waals surface area contributed by atoms with Crippen LogP contribution in [0.3, 0.4) is 0 Å². The van der Waals surface area contributed by atoms with Gasteiger partial charge in [-0.15, -0.1) is 0 Å². The molecule has 0 spiro atoms. The molecule has 0 radical (unpaired) electrons. The van der Waals surface area contributed by atoms with Gasteiger partial charge in [-0.05, 0) is 43.2 Å². The highest BCUT2D eigenvalue weighted by Gasteiger charge is 2.17. The summed E-state index contributed by atoms with van der Waals surface area (Å²) in [6.07, 6.45) is 7.01. The number of benzene rings is 2. The summed E-state index contributed by atoms with van der Waals surface area (Å²) >= 11 is 0. The molecular formula is C28H32N4O4S. The van der Waals surface area contributed by atoms with Gasteiger partial charge < -0.3 is 9.30 Å². The number of hydrogen-bond donors (Lipinski definition) is 1. The molecule has 9 heteroatoms. The summed E-state index contributed by atoms with van der Waals surface area (Å²) in [5.74, 6) is 0.740. The Bertz CT molecular complexity index is 1520. The molecule has 0 bridgehead atoms. The van der Waals surface area contributed by atoms with Gasteiger partial charge in [-0.2, -0.15) is 5.10 Å². The average Bonchev–Trinajstić information content (AvgIpc) is 3.40. The van der Waals surface area contributed by atoms with Gasteiger partial charge in [0.2, 0.25) is 10.0 Å². The molecule has 8 nitrogen and oxygen atoms in total. The Morgan fingerprint density at radius 3 is 2.65 bits per heavy atom. The molecule has 2 heterocycles. The molecular weight excluding hydrogens is 488 g/mol. The summed E-state index contributed by atoms with van der Waals surface area (Å²) in [5.41, 5.74) is 3.43. The highest BCUT2D eigenvalue weighted by molar-refractivity contribution is 7.90. The number of amides is 1. The first-order valence-corrected chi connectivity index (χ1v) is 14.0. The Kier molecular flexibility index (Phi) is 8.13. The van der Waals surface area contributed by atoms with Crippen LogP contribution in [0.4, 0.5) is 0 Å². The van der Waals surface area contributed by atoms with E-state index in [0.29, 0.717) is 24.3 Å². The number of ether oxygens (including phenoxy) is 1. The smallest absolute Gasteiger partial charge is 0.257 e. The van der Waals surface area contributed by atoms with Crippen LogP contribution >= 0.6 is 0 Å². The van der Waals surface area contributed by atoms with Gasteiger partial charge in [-0.1, -0.05) is 50.1 Å². The van der Waals surface area contributed by atoms with Crippen molar-refractivity contribution in [2.75, 3.05) is 5.75 Å². The number of carbonyl (C=O) groups is 1. The predicted molar refractivity (Wildman–Crippen MR) is 146 cm³/mol. The van der Waals surface area contributed by atoms with Crippen LogP contribution in [-0.2, 0) is 28.5 Å². The molecule has 0 saturated carbocycles. The molecule has 37 heavy (non-hydrogen) atoms. The molecule has 2 aromatic heterocycles. The number of nitrogens with zero attached hydrogens (tertiary/aromatic N) is 3. The Labute approximate surface area is 217 Å². The van der Waals surface area contributed by atoms with Crippen molar-refractivity contribution in [3.05, 3.63) is 83.7 Å². The van der Waals surface area contributed by atoms with Crippen LogP contribution in [0.1, 0.15) is 43.0 Å². The van der Waals surface area contributed by atoms with Gasteiger partial charge in [0.1, 0.15) is 18.2 Å². The quantitative estimate of drug-likeness (QED) is 0.224. The fourth-order valence-electron chi connectivity index (χ4n) is 4.21. The van der Waals surface area contributed by atoms with Gasteiger partial charge in [0.05, 0.1) is 17.0 Å². The van der Waals surface area contributed by atoms with Gasteiger partial charge in [0.25, 0.3) is 5.91 Å². The lowest BCUT2D eigenvalue weighted by molar-refractivity contribution is -0.114. The molecule has 2 aromatic carbocycles. The molecule has 1 N–H and O–H groups in total. The van der Waals surface area contributed by atoms with Crippen LogP contribution < -0.4 is 9.46 Å². The standard InChI is InChI=1S/C28H32N4O4S/c1-4-5-9-18-37(34,35)30-27(33)15-14-25-21(2)29-31(3)28(25)32-17-16-23-12-13-24(19-26(23)32)36-20-22-10-7-6-8-11-22/h6-8,10-17,19H,4-5,9,18,20H2,1-3H3,(H,30,33)/b15-14+. The van der Waals surface area contributed by atoms with Crippen molar-refractivity contribution in [2.45, 2.75) is 39.7 Å². The first kappa shape index (κ1) is 26.2. The Balaban J connectivity index is 1.58. The zero-order valence-corrected chi connectivity index (χ0v) is 22.2.